The van der Waals surface area contributed by atoms with Gasteiger partial charge < -0.3 is 15.2 Å². The third-order valence-electron chi connectivity index (χ3n) is 3.12. The minimum atomic E-state index is -0.843. The Morgan fingerprint density at radius 3 is 2.90 bits per heavy atom. The van der Waals surface area contributed by atoms with Gasteiger partial charge in [0.05, 0.1) is 18.0 Å². The lowest BCUT2D eigenvalue weighted by molar-refractivity contribution is -0.145. The average molecular weight is 287 g/mol. The van der Waals surface area contributed by atoms with Crippen LogP contribution in [-0.4, -0.2) is 34.4 Å². The number of aromatic nitrogens is 2. The van der Waals surface area contributed by atoms with Crippen molar-refractivity contribution in [1.82, 2.24) is 9.78 Å². The van der Waals surface area contributed by atoms with Crippen LogP contribution in [0.25, 0.3) is 5.69 Å². The van der Waals surface area contributed by atoms with Crippen LogP contribution in [0.3, 0.4) is 0 Å². The predicted molar refractivity (Wildman–Crippen MR) is 72.8 cm³/mol. The molecular formula is C14H13N3O4. The smallest absolute Gasteiger partial charge is 0.359 e. The van der Waals surface area contributed by atoms with Crippen molar-refractivity contribution >= 4 is 17.6 Å². The van der Waals surface area contributed by atoms with E-state index in [4.69, 9.17) is 15.2 Å². The van der Waals surface area contributed by atoms with Gasteiger partial charge in [0.2, 0.25) is 6.10 Å². The van der Waals surface area contributed by atoms with Gasteiger partial charge in [0.1, 0.15) is 0 Å². The van der Waals surface area contributed by atoms with Crippen LogP contribution in [0, 0.1) is 0 Å². The van der Waals surface area contributed by atoms with E-state index in [9.17, 15) is 9.59 Å². The molecule has 0 saturated carbocycles. The lowest BCUT2D eigenvalue weighted by Gasteiger charge is -2.06. The second-order valence-corrected chi connectivity index (χ2v) is 4.55. The van der Waals surface area contributed by atoms with E-state index in [1.54, 1.807) is 18.3 Å². The highest BCUT2D eigenvalue weighted by Gasteiger charge is 2.31. The number of ether oxygens (including phenoxy) is 2. The Hall–Kier alpha value is -2.83. The van der Waals surface area contributed by atoms with Crippen molar-refractivity contribution in [3.8, 4) is 5.69 Å². The Labute approximate surface area is 120 Å². The van der Waals surface area contributed by atoms with E-state index in [0.29, 0.717) is 17.8 Å². The molecule has 0 amide bonds. The number of cyclic esters (lactones) is 1. The third-order valence-corrected chi connectivity index (χ3v) is 3.12. The van der Waals surface area contributed by atoms with Crippen LogP contribution in [0.2, 0.25) is 0 Å². The molecule has 7 heteroatoms. The Balaban J connectivity index is 1.77. The molecule has 108 valence electrons. The molecule has 0 spiro atoms. The van der Waals surface area contributed by atoms with E-state index in [0.717, 1.165) is 0 Å². The lowest BCUT2D eigenvalue weighted by Crippen LogP contribution is -2.23. The number of para-hydroxylation sites is 2. The summed E-state index contributed by atoms with van der Waals surface area (Å²) in [5.41, 5.74) is 7.16. The molecule has 2 aromatic rings. The Morgan fingerprint density at radius 1 is 1.38 bits per heavy atom. The Morgan fingerprint density at radius 2 is 2.19 bits per heavy atom. The molecule has 0 bridgehead atoms. The zero-order valence-electron chi connectivity index (χ0n) is 11.1. The average Bonchev–Trinajstić information content (AvgIpc) is 3.09. The number of carbonyl (C=O) groups is 2. The van der Waals surface area contributed by atoms with Crippen LogP contribution in [0.15, 0.2) is 36.5 Å². The van der Waals surface area contributed by atoms with Crippen LogP contribution in [-0.2, 0) is 14.3 Å². The van der Waals surface area contributed by atoms with E-state index in [2.05, 4.69) is 5.10 Å². The fraction of sp³-hybridized carbons (Fsp3) is 0.214. The second-order valence-electron chi connectivity index (χ2n) is 4.55. The zero-order chi connectivity index (χ0) is 14.8. The minimum Gasteiger partial charge on any atom is -0.463 e. The number of esters is 2. The summed E-state index contributed by atoms with van der Waals surface area (Å²) < 4.78 is 11.3. The summed E-state index contributed by atoms with van der Waals surface area (Å²) in [7, 11) is 0. The number of nitrogens with zero attached hydrogens (tertiary/aromatic N) is 2. The molecule has 1 aromatic carbocycles. The molecular weight excluding hydrogens is 274 g/mol. The van der Waals surface area contributed by atoms with Crippen LogP contribution in [0.4, 0.5) is 5.69 Å². The van der Waals surface area contributed by atoms with Crippen LogP contribution >= 0.6 is 0 Å². The standard InChI is InChI=1S/C14H13N3O4/c15-9-3-1-2-4-11(9)17-7-5-10(16-17)13(18)21-12-6-8-20-14(12)19/h1-5,7,12H,6,8,15H2. The van der Waals surface area contributed by atoms with Gasteiger partial charge >= 0.3 is 11.9 Å². The van der Waals surface area contributed by atoms with Crippen molar-refractivity contribution in [1.29, 1.82) is 0 Å². The SMILES string of the molecule is Nc1ccccc1-n1ccc(C(=O)OC2CCOC2=O)n1. The number of nitrogens with two attached hydrogens (primary N) is 1. The first-order chi connectivity index (χ1) is 10.1. The first kappa shape index (κ1) is 13.2. The van der Waals surface area contributed by atoms with Gasteiger partial charge in [-0.2, -0.15) is 5.10 Å². The number of rotatable bonds is 3. The van der Waals surface area contributed by atoms with Gasteiger partial charge in [-0.25, -0.2) is 14.3 Å². The molecule has 0 aliphatic carbocycles. The van der Waals surface area contributed by atoms with Crippen molar-refractivity contribution in [2.75, 3.05) is 12.3 Å². The van der Waals surface area contributed by atoms with Crippen molar-refractivity contribution in [2.24, 2.45) is 0 Å². The maximum absolute atomic E-state index is 11.9. The zero-order valence-corrected chi connectivity index (χ0v) is 11.1. The summed E-state index contributed by atoms with van der Waals surface area (Å²) in [6.45, 7) is 0.270. The normalized spacial score (nSPS) is 17.5. The van der Waals surface area contributed by atoms with Crippen molar-refractivity contribution in [3.05, 3.63) is 42.2 Å². The molecule has 1 aromatic heterocycles. The van der Waals surface area contributed by atoms with Crippen molar-refractivity contribution < 1.29 is 19.1 Å². The monoisotopic (exact) mass is 287 g/mol. The molecule has 1 atom stereocenters. The van der Waals surface area contributed by atoms with Gasteiger partial charge in [-0.1, -0.05) is 12.1 Å². The summed E-state index contributed by atoms with van der Waals surface area (Å²) >= 11 is 0. The molecule has 1 saturated heterocycles. The predicted octanol–water partition coefficient (Wildman–Crippen LogP) is 0.927. The number of anilines is 1. The molecule has 2 heterocycles. The highest BCUT2D eigenvalue weighted by molar-refractivity contribution is 5.90. The molecule has 1 aliphatic rings. The van der Waals surface area contributed by atoms with E-state index in [1.165, 1.54) is 10.7 Å². The van der Waals surface area contributed by atoms with Gasteiger partial charge in [-0.3, -0.25) is 0 Å². The van der Waals surface area contributed by atoms with Crippen LogP contribution < -0.4 is 5.73 Å². The molecule has 1 unspecified atom stereocenters. The van der Waals surface area contributed by atoms with Gasteiger partial charge in [0.25, 0.3) is 0 Å². The van der Waals surface area contributed by atoms with E-state index in [-0.39, 0.29) is 12.3 Å². The highest BCUT2D eigenvalue weighted by atomic mass is 16.6. The Bertz CT molecular complexity index is 695. The number of carbonyl (C=O) groups excluding carboxylic acids is 2. The summed E-state index contributed by atoms with van der Waals surface area (Å²) in [4.78, 5) is 23.2. The third kappa shape index (κ3) is 2.58. The molecule has 3 rings (SSSR count). The van der Waals surface area contributed by atoms with Gasteiger partial charge in [0.15, 0.2) is 5.69 Å². The molecule has 0 radical (unpaired) electrons. The molecule has 2 N–H and O–H groups in total. The Kier molecular flexibility index (Phi) is 3.31. The molecule has 1 fully saturated rings. The van der Waals surface area contributed by atoms with Crippen molar-refractivity contribution in [2.45, 2.75) is 12.5 Å². The summed E-state index contributed by atoms with van der Waals surface area (Å²) in [5.74, 6) is -1.18. The van der Waals surface area contributed by atoms with Gasteiger partial charge in [-0.05, 0) is 18.2 Å². The fourth-order valence-corrected chi connectivity index (χ4v) is 2.04. The lowest BCUT2D eigenvalue weighted by atomic mass is 10.3. The second kappa shape index (κ2) is 5.28. The number of nitrogen functional groups attached to an aromatic ring is 1. The molecule has 1 aliphatic heterocycles. The fourth-order valence-electron chi connectivity index (χ4n) is 2.04. The first-order valence-corrected chi connectivity index (χ1v) is 6.43. The number of hydrogen-bond acceptors (Lipinski definition) is 6. The quantitative estimate of drug-likeness (QED) is 0.666. The largest absolute Gasteiger partial charge is 0.463 e. The summed E-state index contributed by atoms with van der Waals surface area (Å²) in [6.07, 6.45) is 1.14. The molecule has 21 heavy (non-hydrogen) atoms. The number of benzene rings is 1. The van der Waals surface area contributed by atoms with Crippen LogP contribution in [0.5, 0.6) is 0 Å². The van der Waals surface area contributed by atoms with Crippen molar-refractivity contribution in [3.63, 3.8) is 0 Å². The number of hydrogen-bond donors (Lipinski definition) is 1. The van der Waals surface area contributed by atoms with E-state index >= 15 is 0 Å². The topological polar surface area (TPSA) is 96.4 Å². The van der Waals surface area contributed by atoms with Crippen LogP contribution in [0.1, 0.15) is 16.9 Å². The van der Waals surface area contributed by atoms with E-state index < -0.39 is 18.0 Å². The summed E-state index contributed by atoms with van der Waals surface area (Å²) in [5, 5.41) is 4.12. The van der Waals surface area contributed by atoms with E-state index in [1.807, 2.05) is 12.1 Å². The first-order valence-electron chi connectivity index (χ1n) is 6.43. The van der Waals surface area contributed by atoms with Gasteiger partial charge in [-0.15, -0.1) is 0 Å². The maximum atomic E-state index is 11.9. The van der Waals surface area contributed by atoms with Gasteiger partial charge in [0, 0.05) is 12.6 Å². The minimum absolute atomic E-state index is 0.109. The maximum Gasteiger partial charge on any atom is 0.359 e. The molecule has 7 nitrogen and oxygen atoms in total. The highest BCUT2D eigenvalue weighted by Crippen LogP contribution is 2.17. The summed E-state index contributed by atoms with van der Waals surface area (Å²) in [6, 6.07) is 8.66.